The molecule has 1 aromatic rings. The second-order valence-electron chi connectivity index (χ2n) is 3.89. The van der Waals surface area contributed by atoms with Crippen LogP contribution < -0.4 is 5.73 Å². The molecule has 0 bridgehead atoms. The SMILES string of the molecule is CCCCCS(=O)Cc1cc(N)cc(Br)c1. The van der Waals surface area contributed by atoms with Crippen molar-refractivity contribution >= 4 is 32.4 Å². The van der Waals surface area contributed by atoms with Crippen molar-refractivity contribution in [2.24, 2.45) is 0 Å². The van der Waals surface area contributed by atoms with E-state index in [0.29, 0.717) is 5.75 Å². The Balaban J connectivity index is 2.49. The van der Waals surface area contributed by atoms with Gasteiger partial charge < -0.3 is 5.73 Å². The minimum atomic E-state index is -0.765. The van der Waals surface area contributed by atoms with Crippen LogP contribution in [0, 0.1) is 0 Å². The molecule has 0 amide bonds. The molecule has 90 valence electrons. The monoisotopic (exact) mass is 303 g/mol. The Labute approximate surface area is 108 Å². The molecule has 0 saturated heterocycles. The van der Waals surface area contributed by atoms with Crippen LogP contribution in [-0.4, -0.2) is 9.96 Å². The lowest BCUT2D eigenvalue weighted by Crippen LogP contribution is -2.01. The van der Waals surface area contributed by atoms with Crippen LogP contribution in [0.25, 0.3) is 0 Å². The number of benzene rings is 1. The van der Waals surface area contributed by atoms with E-state index in [2.05, 4.69) is 22.9 Å². The smallest absolute Gasteiger partial charge is 0.0486 e. The maximum Gasteiger partial charge on any atom is 0.0486 e. The molecule has 0 aromatic heterocycles. The number of anilines is 1. The zero-order chi connectivity index (χ0) is 12.0. The Bertz CT molecular complexity index is 348. The van der Waals surface area contributed by atoms with E-state index in [9.17, 15) is 4.21 Å². The van der Waals surface area contributed by atoms with E-state index >= 15 is 0 Å². The highest BCUT2D eigenvalue weighted by Crippen LogP contribution is 2.18. The van der Waals surface area contributed by atoms with Crippen molar-refractivity contribution in [1.29, 1.82) is 0 Å². The number of rotatable bonds is 6. The van der Waals surface area contributed by atoms with E-state index in [4.69, 9.17) is 5.73 Å². The molecule has 1 aromatic carbocycles. The summed E-state index contributed by atoms with van der Waals surface area (Å²) in [6.45, 7) is 2.15. The number of unbranched alkanes of at least 4 members (excludes halogenated alkanes) is 2. The molecule has 1 unspecified atom stereocenters. The van der Waals surface area contributed by atoms with Crippen molar-refractivity contribution in [3.05, 3.63) is 28.2 Å². The number of nitrogens with two attached hydrogens (primary N) is 1. The summed E-state index contributed by atoms with van der Waals surface area (Å²) in [5, 5.41) is 0. The lowest BCUT2D eigenvalue weighted by atomic mass is 10.2. The first-order chi connectivity index (χ1) is 7.61. The maximum atomic E-state index is 11.8. The summed E-state index contributed by atoms with van der Waals surface area (Å²) in [5.74, 6) is 1.40. The maximum absolute atomic E-state index is 11.8. The third-order valence-corrected chi connectivity index (χ3v) is 4.14. The Hall–Kier alpha value is -0.350. The average Bonchev–Trinajstić information content (AvgIpc) is 2.16. The Morgan fingerprint density at radius 1 is 1.31 bits per heavy atom. The van der Waals surface area contributed by atoms with Gasteiger partial charge in [-0.15, -0.1) is 0 Å². The quantitative estimate of drug-likeness (QED) is 0.646. The summed E-state index contributed by atoms with van der Waals surface area (Å²) in [7, 11) is -0.765. The first kappa shape index (κ1) is 13.7. The third-order valence-electron chi connectivity index (χ3n) is 2.28. The van der Waals surface area contributed by atoms with Crippen LogP contribution in [0.4, 0.5) is 5.69 Å². The Kier molecular flexibility index (Phi) is 6.06. The van der Waals surface area contributed by atoms with Crippen molar-refractivity contribution < 1.29 is 4.21 Å². The van der Waals surface area contributed by atoms with Gasteiger partial charge in [0.2, 0.25) is 0 Å². The van der Waals surface area contributed by atoms with E-state index in [1.165, 1.54) is 6.42 Å². The van der Waals surface area contributed by atoms with Gasteiger partial charge in [0.25, 0.3) is 0 Å². The highest BCUT2D eigenvalue weighted by atomic mass is 79.9. The molecule has 4 heteroatoms. The van der Waals surface area contributed by atoms with Crippen LogP contribution in [0.5, 0.6) is 0 Å². The van der Waals surface area contributed by atoms with Gasteiger partial charge in [-0.05, 0) is 30.2 Å². The summed E-state index contributed by atoms with van der Waals surface area (Å²) in [6, 6.07) is 5.72. The lowest BCUT2D eigenvalue weighted by Gasteiger charge is -2.04. The van der Waals surface area contributed by atoms with E-state index in [-0.39, 0.29) is 0 Å². The predicted molar refractivity (Wildman–Crippen MR) is 74.8 cm³/mol. The van der Waals surface area contributed by atoms with Gasteiger partial charge in [-0.3, -0.25) is 4.21 Å². The molecule has 1 rings (SSSR count). The molecular formula is C12H18BrNOS. The van der Waals surface area contributed by atoms with Gasteiger partial charge in [0, 0.05) is 32.5 Å². The van der Waals surface area contributed by atoms with Crippen molar-refractivity contribution in [3.63, 3.8) is 0 Å². The molecule has 1 atom stereocenters. The van der Waals surface area contributed by atoms with Gasteiger partial charge in [0.1, 0.15) is 0 Å². The van der Waals surface area contributed by atoms with E-state index < -0.39 is 10.8 Å². The molecule has 0 aliphatic carbocycles. The van der Waals surface area contributed by atoms with Crippen LogP contribution in [-0.2, 0) is 16.6 Å². The summed E-state index contributed by atoms with van der Waals surface area (Å²) < 4.78 is 12.7. The van der Waals surface area contributed by atoms with Crippen molar-refractivity contribution in [1.82, 2.24) is 0 Å². The highest BCUT2D eigenvalue weighted by molar-refractivity contribution is 9.10. The summed E-state index contributed by atoms with van der Waals surface area (Å²) in [5.41, 5.74) is 7.49. The minimum absolute atomic E-state index is 0.605. The Morgan fingerprint density at radius 2 is 2.06 bits per heavy atom. The number of nitrogen functional groups attached to an aromatic ring is 1. The van der Waals surface area contributed by atoms with Gasteiger partial charge in [-0.2, -0.15) is 0 Å². The normalized spacial score (nSPS) is 12.6. The number of hydrogen-bond donors (Lipinski definition) is 1. The molecule has 2 N–H and O–H groups in total. The van der Waals surface area contributed by atoms with Crippen molar-refractivity contribution in [2.45, 2.75) is 31.9 Å². The third kappa shape index (κ3) is 5.12. The molecule has 0 saturated carbocycles. The molecule has 2 nitrogen and oxygen atoms in total. The fraction of sp³-hybridized carbons (Fsp3) is 0.500. The molecule has 0 radical (unpaired) electrons. The zero-order valence-corrected chi connectivity index (χ0v) is 11.9. The van der Waals surface area contributed by atoms with Crippen molar-refractivity contribution in [2.75, 3.05) is 11.5 Å². The fourth-order valence-corrected chi connectivity index (χ4v) is 3.30. The molecule has 0 aliphatic heterocycles. The van der Waals surface area contributed by atoms with Gasteiger partial charge in [0.15, 0.2) is 0 Å². The fourth-order valence-electron chi connectivity index (χ4n) is 1.53. The molecule has 0 aliphatic rings. The van der Waals surface area contributed by atoms with Crippen LogP contribution in [0.3, 0.4) is 0 Å². The summed E-state index contributed by atoms with van der Waals surface area (Å²) in [4.78, 5) is 0. The molecule has 0 heterocycles. The first-order valence-electron chi connectivity index (χ1n) is 5.51. The molecule has 0 spiro atoms. The van der Waals surface area contributed by atoms with Gasteiger partial charge in [-0.25, -0.2) is 0 Å². The minimum Gasteiger partial charge on any atom is -0.399 e. The average molecular weight is 304 g/mol. The lowest BCUT2D eigenvalue weighted by molar-refractivity contribution is 0.676. The first-order valence-corrected chi connectivity index (χ1v) is 7.80. The largest absolute Gasteiger partial charge is 0.399 e. The van der Waals surface area contributed by atoms with Crippen molar-refractivity contribution in [3.8, 4) is 0 Å². The van der Waals surface area contributed by atoms with Gasteiger partial charge >= 0.3 is 0 Å². The summed E-state index contributed by atoms with van der Waals surface area (Å²) >= 11 is 3.39. The number of halogens is 1. The van der Waals surface area contributed by atoms with Gasteiger partial charge in [0.05, 0.1) is 0 Å². The van der Waals surface area contributed by atoms with Gasteiger partial charge in [-0.1, -0.05) is 35.7 Å². The second-order valence-corrected chi connectivity index (χ2v) is 6.38. The van der Waals surface area contributed by atoms with E-state index in [1.807, 2.05) is 18.2 Å². The standard InChI is InChI=1S/C12H18BrNOS/c1-2-3-4-5-16(15)9-10-6-11(13)8-12(14)7-10/h6-8H,2-5,9,14H2,1H3. The number of hydrogen-bond acceptors (Lipinski definition) is 2. The van der Waals surface area contributed by atoms with Crippen LogP contribution >= 0.6 is 15.9 Å². The zero-order valence-electron chi connectivity index (χ0n) is 9.54. The van der Waals surface area contributed by atoms with Crippen LogP contribution in [0.15, 0.2) is 22.7 Å². The van der Waals surface area contributed by atoms with E-state index in [0.717, 1.165) is 34.3 Å². The van der Waals surface area contributed by atoms with Crippen LogP contribution in [0.2, 0.25) is 0 Å². The molecule has 16 heavy (non-hydrogen) atoms. The predicted octanol–water partition coefficient (Wildman–Crippen LogP) is 3.47. The molecule has 0 fully saturated rings. The van der Waals surface area contributed by atoms with E-state index in [1.54, 1.807) is 0 Å². The second kappa shape index (κ2) is 7.07. The highest BCUT2D eigenvalue weighted by Gasteiger charge is 2.03. The topological polar surface area (TPSA) is 43.1 Å². The molecular weight excluding hydrogens is 286 g/mol. The Morgan fingerprint density at radius 3 is 2.69 bits per heavy atom. The summed E-state index contributed by atoms with van der Waals surface area (Å²) in [6.07, 6.45) is 3.37. The van der Waals surface area contributed by atoms with Crippen LogP contribution in [0.1, 0.15) is 31.7 Å².